The van der Waals surface area contributed by atoms with Gasteiger partial charge in [-0.25, -0.2) is 0 Å². The van der Waals surface area contributed by atoms with Gasteiger partial charge < -0.3 is 35.8 Å². The van der Waals surface area contributed by atoms with Gasteiger partial charge in [0.25, 0.3) is 5.91 Å². The number of hydrogen-bond acceptors (Lipinski definition) is 9. The maximum atomic E-state index is 13.3. The summed E-state index contributed by atoms with van der Waals surface area (Å²) in [6.07, 6.45) is 4.30. The molecule has 1 fully saturated rings. The number of amides is 3. The van der Waals surface area contributed by atoms with Gasteiger partial charge in [0.2, 0.25) is 18.6 Å². The zero-order chi connectivity index (χ0) is 36.4. The van der Waals surface area contributed by atoms with Crippen molar-refractivity contribution in [1.82, 2.24) is 10.6 Å². The Morgan fingerprint density at radius 3 is 2.44 bits per heavy atom. The molecule has 1 aliphatic heterocycles. The fourth-order valence-electron chi connectivity index (χ4n) is 5.49. The van der Waals surface area contributed by atoms with Crippen molar-refractivity contribution in [2.24, 2.45) is 4.99 Å². The molecule has 3 amide bonds. The Hall–Kier alpha value is -5.75. The minimum atomic E-state index is -0.994. The summed E-state index contributed by atoms with van der Waals surface area (Å²) in [7, 11) is 0. The first-order chi connectivity index (χ1) is 23.9. The van der Waals surface area contributed by atoms with Crippen LogP contribution in [-0.2, 0) is 23.9 Å². The third kappa shape index (κ3) is 9.44. The molecule has 0 aliphatic carbocycles. The first kappa shape index (κ1) is 37.1. The van der Waals surface area contributed by atoms with Crippen molar-refractivity contribution in [3.8, 4) is 5.75 Å². The Bertz CT molecular complexity index is 1800. The van der Waals surface area contributed by atoms with Crippen LogP contribution in [0.4, 0.5) is 11.4 Å². The molecule has 5 N–H and O–H groups in total. The lowest BCUT2D eigenvalue weighted by atomic mass is 9.99. The van der Waals surface area contributed by atoms with Crippen LogP contribution in [0, 0.1) is 13.8 Å². The van der Waals surface area contributed by atoms with Crippen LogP contribution in [0.3, 0.4) is 0 Å². The molecular formula is C38H43N5O7. The van der Waals surface area contributed by atoms with E-state index in [0.717, 1.165) is 5.57 Å². The van der Waals surface area contributed by atoms with Crippen LogP contribution in [-0.4, -0.2) is 66.7 Å². The van der Waals surface area contributed by atoms with Crippen LogP contribution in [0.25, 0.3) is 0 Å². The van der Waals surface area contributed by atoms with E-state index in [1.165, 1.54) is 4.90 Å². The van der Waals surface area contributed by atoms with Gasteiger partial charge in [0.1, 0.15) is 24.5 Å². The second kappa shape index (κ2) is 17.1. The number of rotatable bonds is 14. The smallest absolute Gasteiger partial charge is 0.310 e. The van der Waals surface area contributed by atoms with Crippen molar-refractivity contribution in [3.05, 3.63) is 112 Å². The van der Waals surface area contributed by atoms with Gasteiger partial charge in [0.15, 0.2) is 0 Å². The fraction of sp³-hybridized carbons (Fsp3) is 0.289. The van der Waals surface area contributed by atoms with Gasteiger partial charge in [0.05, 0.1) is 24.4 Å². The number of nitrogens with zero attached hydrogens (tertiary/aromatic N) is 2. The number of phenols is 1. The molecule has 12 nitrogen and oxygen atoms in total. The molecule has 0 spiro atoms. The van der Waals surface area contributed by atoms with E-state index in [-0.39, 0.29) is 24.7 Å². The van der Waals surface area contributed by atoms with Gasteiger partial charge in [-0.05, 0) is 81.7 Å². The molecule has 4 rings (SSSR count). The lowest BCUT2D eigenvalue weighted by molar-refractivity contribution is -0.163. The van der Waals surface area contributed by atoms with E-state index in [2.05, 4.69) is 10.6 Å². The third-order valence-corrected chi connectivity index (χ3v) is 7.96. The number of ether oxygens (including phenoxy) is 2. The van der Waals surface area contributed by atoms with Gasteiger partial charge in [0, 0.05) is 22.4 Å². The van der Waals surface area contributed by atoms with Crippen molar-refractivity contribution in [3.63, 3.8) is 0 Å². The molecule has 12 heteroatoms. The highest BCUT2D eigenvalue weighted by Crippen LogP contribution is 2.27. The Morgan fingerprint density at radius 1 is 1.10 bits per heavy atom. The molecule has 1 saturated heterocycles. The maximum Gasteiger partial charge on any atom is 0.310 e. The number of carbonyl (C=O) groups is 4. The molecular weight excluding hydrogens is 638 g/mol. The van der Waals surface area contributed by atoms with Crippen LogP contribution >= 0.6 is 0 Å². The number of aliphatic imine (C=N–C) groups is 1. The second-order valence-electron chi connectivity index (χ2n) is 11.9. The number of aromatic hydroxyl groups is 1. The second-order valence-corrected chi connectivity index (χ2v) is 11.9. The molecule has 0 aromatic heterocycles. The van der Waals surface area contributed by atoms with Crippen molar-refractivity contribution < 1.29 is 33.8 Å². The number of carbonyl (C=O) groups excluding carboxylic acids is 4. The van der Waals surface area contributed by atoms with Crippen molar-refractivity contribution in [2.45, 2.75) is 59.5 Å². The highest BCUT2D eigenvalue weighted by atomic mass is 16.7. The standard InChI is InChI=1S/C38H43N5O7/c1-6-11-26(7-2)21-49-38-31(19-34(46)50-38)42-33(45)20-43(22-44)32-15-14-29(39)18-30(32)35(27-12-9-8-10-13-27)40-25(5)41-37(48)28-16-23(3)36(47)24(4)17-28/h6-18,22,25,31,38,47H,19-21,39H2,1-5H3,(H,41,48)(H,42,45)/b11-6-,26-7+,40-35-. The molecule has 3 aromatic carbocycles. The van der Waals surface area contributed by atoms with Gasteiger partial charge in [-0.2, -0.15) is 0 Å². The highest BCUT2D eigenvalue weighted by Gasteiger charge is 2.37. The Morgan fingerprint density at radius 2 is 1.80 bits per heavy atom. The molecule has 3 unspecified atom stereocenters. The monoisotopic (exact) mass is 681 g/mol. The SMILES string of the molecule is C/C=C\C(=C/C)COC1OC(=O)CC1NC(=O)CN(C=O)c1ccc(N)cc1/C(=N\C(C)NC(=O)c1cc(C)c(O)c(C)c1)c1ccccc1. The number of aryl methyl sites for hydroxylation is 2. The molecule has 1 heterocycles. The Labute approximate surface area is 291 Å². The number of allylic oxidation sites excluding steroid dienone is 2. The Balaban J connectivity index is 1.60. The average molecular weight is 682 g/mol. The molecule has 262 valence electrons. The van der Waals surface area contributed by atoms with Crippen molar-refractivity contribution in [2.75, 3.05) is 23.8 Å². The van der Waals surface area contributed by atoms with E-state index in [0.29, 0.717) is 51.3 Å². The predicted octanol–water partition coefficient (Wildman–Crippen LogP) is 4.46. The number of anilines is 2. The van der Waals surface area contributed by atoms with Crippen LogP contribution in [0.5, 0.6) is 5.75 Å². The topological polar surface area (TPSA) is 173 Å². The number of esters is 1. The normalized spacial score (nSPS) is 16.9. The number of nitrogens with one attached hydrogen (secondary N) is 2. The Kier molecular flexibility index (Phi) is 12.7. The van der Waals surface area contributed by atoms with E-state index in [1.54, 1.807) is 51.1 Å². The first-order valence-corrected chi connectivity index (χ1v) is 16.2. The quantitative estimate of drug-likeness (QED) is 0.0635. The van der Waals surface area contributed by atoms with E-state index in [4.69, 9.17) is 20.2 Å². The zero-order valence-corrected chi connectivity index (χ0v) is 28.8. The summed E-state index contributed by atoms with van der Waals surface area (Å²) >= 11 is 0. The van der Waals surface area contributed by atoms with Crippen molar-refractivity contribution in [1.29, 1.82) is 0 Å². The number of cyclic esters (lactones) is 1. The minimum absolute atomic E-state index is 0.0862. The number of benzene rings is 3. The summed E-state index contributed by atoms with van der Waals surface area (Å²) in [5, 5.41) is 15.8. The lowest BCUT2D eigenvalue weighted by Crippen LogP contribution is -2.46. The molecule has 0 bridgehead atoms. The van der Waals surface area contributed by atoms with E-state index >= 15 is 0 Å². The summed E-state index contributed by atoms with van der Waals surface area (Å²) in [6.45, 7) is 8.66. The predicted molar refractivity (Wildman–Crippen MR) is 192 cm³/mol. The summed E-state index contributed by atoms with van der Waals surface area (Å²) < 4.78 is 11.1. The zero-order valence-electron chi connectivity index (χ0n) is 28.8. The first-order valence-electron chi connectivity index (χ1n) is 16.2. The van der Waals surface area contributed by atoms with Crippen molar-refractivity contribution >= 4 is 41.3 Å². The van der Waals surface area contributed by atoms with Gasteiger partial charge in [-0.3, -0.25) is 24.2 Å². The van der Waals surface area contributed by atoms with Gasteiger partial charge >= 0.3 is 5.97 Å². The summed E-state index contributed by atoms with van der Waals surface area (Å²) in [6, 6.07) is 16.5. The largest absolute Gasteiger partial charge is 0.507 e. The maximum absolute atomic E-state index is 13.3. The molecule has 3 aromatic rings. The lowest BCUT2D eigenvalue weighted by Gasteiger charge is -2.24. The number of nitrogen functional groups attached to an aromatic ring is 1. The van der Waals surface area contributed by atoms with Crippen LogP contribution < -0.4 is 21.3 Å². The molecule has 0 radical (unpaired) electrons. The fourth-order valence-corrected chi connectivity index (χ4v) is 5.49. The summed E-state index contributed by atoms with van der Waals surface area (Å²) in [5.41, 5.74) is 10.9. The average Bonchev–Trinajstić information content (AvgIpc) is 3.44. The van der Waals surface area contributed by atoms with Crippen LogP contribution in [0.15, 0.2) is 89.5 Å². The van der Waals surface area contributed by atoms with E-state index < -0.39 is 36.9 Å². The third-order valence-electron chi connectivity index (χ3n) is 7.96. The molecule has 0 saturated carbocycles. The number of phenolic OH excluding ortho intramolecular Hbond substituents is 1. The van der Waals surface area contributed by atoms with E-state index in [1.807, 2.05) is 62.4 Å². The number of nitrogens with two attached hydrogens (primary N) is 1. The minimum Gasteiger partial charge on any atom is -0.507 e. The summed E-state index contributed by atoms with van der Waals surface area (Å²) in [5.74, 6) is -1.32. The summed E-state index contributed by atoms with van der Waals surface area (Å²) in [4.78, 5) is 57.3. The molecule has 3 atom stereocenters. The van der Waals surface area contributed by atoms with E-state index in [9.17, 15) is 24.3 Å². The van der Waals surface area contributed by atoms with Gasteiger partial charge in [-0.15, -0.1) is 0 Å². The van der Waals surface area contributed by atoms with Crippen LogP contribution in [0.1, 0.15) is 59.8 Å². The molecule has 50 heavy (non-hydrogen) atoms. The van der Waals surface area contributed by atoms with Gasteiger partial charge in [-0.1, -0.05) is 48.6 Å². The number of hydrogen-bond donors (Lipinski definition) is 4. The van der Waals surface area contributed by atoms with Crippen LogP contribution in [0.2, 0.25) is 0 Å². The highest BCUT2D eigenvalue weighted by molar-refractivity contribution is 6.17. The molecule has 1 aliphatic rings.